The van der Waals surface area contributed by atoms with Gasteiger partial charge in [-0.05, 0) is 60.9 Å². The number of fused-ring (bicyclic) bond motifs is 1. The highest BCUT2D eigenvalue weighted by Crippen LogP contribution is 2.40. The monoisotopic (exact) mass is 613 g/mol. The summed E-state index contributed by atoms with van der Waals surface area (Å²) in [6.45, 7) is -2.00. The average Bonchev–Trinajstić information content (AvgIpc) is 2.92. The van der Waals surface area contributed by atoms with Crippen LogP contribution in [0.15, 0.2) is 59.5 Å². The van der Waals surface area contributed by atoms with Crippen LogP contribution in [0.3, 0.4) is 0 Å². The van der Waals surface area contributed by atoms with Crippen LogP contribution in [0.5, 0.6) is 11.5 Å². The fourth-order valence-corrected chi connectivity index (χ4v) is 6.16. The first kappa shape index (κ1) is 30.2. The smallest absolute Gasteiger partial charge is 0.387 e. The normalized spacial score (nSPS) is 15.4. The number of halogens is 5. The Morgan fingerprint density at radius 2 is 1.90 bits per heavy atom. The van der Waals surface area contributed by atoms with Crippen LogP contribution in [0.1, 0.15) is 30.9 Å². The molecule has 0 aliphatic carbocycles. The van der Waals surface area contributed by atoms with Gasteiger partial charge >= 0.3 is 12.6 Å². The molecule has 0 saturated carbocycles. The van der Waals surface area contributed by atoms with Crippen LogP contribution in [0.25, 0.3) is 11.6 Å². The predicted molar refractivity (Wildman–Crippen MR) is 145 cm³/mol. The SMILES string of the molecule is COC(=O)CCC1CN(S(=O)(=O)c2ccc(F)c(OC(F)F)c2)c2cc(C=C(C)c3c(F)cccc3Cl)ccc2O1. The van der Waals surface area contributed by atoms with Crippen molar-refractivity contribution in [3.8, 4) is 11.5 Å². The molecule has 4 rings (SSSR count). The van der Waals surface area contributed by atoms with E-state index in [0.717, 1.165) is 10.4 Å². The molecular weight excluding hydrogens is 590 g/mol. The first-order valence-electron chi connectivity index (χ1n) is 12.2. The van der Waals surface area contributed by atoms with Gasteiger partial charge in [-0.2, -0.15) is 8.78 Å². The van der Waals surface area contributed by atoms with Crippen LogP contribution in [0.2, 0.25) is 5.02 Å². The molecule has 218 valence electrons. The highest BCUT2D eigenvalue weighted by Gasteiger charge is 2.35. The molecule has 1 aliphatic heterocycles. The third-order valence-electron chi connectivity index (χ3n) is 6.26. The largest absolute Gasteiger partial charge is 0.486 e. The summed E-state index contributed by atoms with van der Waals surface area (Å²) in [5, 5.41) is 0.191. The van der Waals surface area contributed by atoms with E-state index in [2.05, 4.69) is 9.47 Å². The van der Waals surface area contributed by atoms with Gasteiger partial charge in [0.2, 0.25) is 0 Å². The molecule has 1 atom stereocenters. The van der Waals surface area contributed by atoms with Crippen molar-refractivity contribution in [2.75, 3.05) is 18.0 Å². The zero-order chi connectivity index (χ0) is 29.9. The fourth-order valence-electron chi connectivity index (χ4n) is 4.33. The highest BCUT2D eigenvalue weighted by molar-refractivity contribution is 7.92. The van der Waals surface area contributed by atoms with Crippen molar-refractivity contribution in [3.63, 3.8) is 0 Å². The molecule has 1 aliphatic rings. The third kappa shape index (κ3) is 6.76. The second-order valence-corrected chi connectivity index (χ2v) is 11.3. The van der Waals surface area contributed by atoms with Gasteiger partial charge in [-0.3, -0.25) is 9.10 Å². The standard InChI is InChI=1S/C28H24ClF4NO6S/c1-16(27-20(29)4-3-5-22(27)31)12-17-6-10-24-23(13-17)34(15-18(39-24)7-11-26(35)38-2)41(36,37)19-8-9-21(30)25(14-19)40-28(32)33/h3-6,8-10,12-14,18,28H,7,11,15H2,1-2H3. The number of allylic oxidation sites excluding steroid dienone is 1. The van der Waals surface area contributed by atoms with E-state index in [9.17, 15) is 30.8 Å². The van der Waals surface area contributed by atoms with Crippen LogP contribution < -0.4 is 13.8 Å². The Morgan fingerprint density at radius 1 is 1.15 bits per heavy atom. The predicted octanol–water partition coefficient (Wildman–Crippen LogP) is 6.69. The van der Waals surface area contributed by atoms with Gasteiger partial charge in [0.1, 0.15) is 17.7 Å². The molecule has 0 fully saturated rings. The van der Waals surface area contributed by atoms with Crippen molar-refractivity contribution in [1.29, 1.82) is 0 Å². The van der Waals surface area contributed by atoms with Crippen molar-refractivity contribution >= 4 is 44.9 Å². The van der Waals surface area contributed by atoms with Crippen LogP contribution >= 0.6 is 11.6 Å². The summed E-state index contributed by atoms with van der Waals surface area (Å²) in [5.74, 6) is -3.02. The van der Waals surface area contributed by atoms with E-state index in [1.54, 1.807) is 19.1 Å². The summed E-state index contributed by atoms with van der Waals surface area (Å²) < 4.78 is 97.5. The molecule has 13 heteroatoms. The molecule has 0 bridgehead atoms. The van der Waals surface area contributed by atoms with Gasteiger partial charge in [-0.15, -0.1) is 0 Å². The minimum absolute atomic E-state index is 0.0588. The molecule has 0 saturated heterocycles. The maximum atomic E-state index is 14.5. The van der Waals surface area contributed by atoms with E-state index in [4.69, 9.17) is 16.3 Å². The van der Waals surface area contributed by atoms with Crippen LogP contribution in [-0.2, 0) is 19.6 Å². The lowest BCUT2D eigenvalue weighted by molar-refractivity contribution is -0.141. The van der Waals surface area contributed by atoms with E-state index >= 15 is 0 Å². The van der Waals surface area contributed by atoms with E-state index in [0.29, 0.717) is 23.3 Å². The molecule has 0 amide bonds. The quantitative estimate of drug-likeness (QED) is 0.152. The van der Waals surface area contributed by atoms with Crippen molar-refractivity contribution in [2.24, 2.45) is 0 Å². The van der Waals surface area contributed by atoms with Gasteiger partial charge in [0, 0.05) is 18.1 Å². The van der Waals surface area contributed by atoms with Crippen LogP contribution in [0.4, 0.5) is 23.2 Å². The van der Waals surface area contributed by atoms with Gasteiger partial charge < -0.3 is 14.2 Å². The number of nitrogens with zero attached hydrogens (tertiary/aromatic N) is 1. The second-order valence-electron chi connectivity index (χ2n) is 9.01. The van der Waals surface area contributed by atoms with Crippen molar-refractivity contribution in [1.82, 2.24) is 0 Å². The van der Waals surface area contributed by atoms with E-state index in [1.165, 1.54) is 37.4 Å². The fraction of sp³-hybridized carbons (Fsp3) is 0.250. The molecule has 1 unspecified atom stereocenters. The molecule has 3 aromatic carbocycles. The highest BCUT2D eigenvalue weighted by atomic mass is 35.5. The maximum Gasteiger partial charge on any atom is 0.387 e. The molecule has 0 radical (unpaired) electrons. The van der Waals surface area contributed by atoms with E-state index < -0.39 is 51.0 Å². The topological polar surface area (TPSA) is 82.1 Å². The van der Waals surface area contributed by atoms with Crippen molar-refractivity contribution < 1.29 is 45.0 Å². The van der Waals surface area contributed by atoms with Gasteiger partial charge in [-0.1, -0.05) is 29.8 Å². The van der Waals surface area contributed by atoms with Crippen LogP contribution in [0, 0.1) is 11.6 Å². The molecule has 1 heterocycles. The molecule has 0 aromatic heterocycles. The Kier molecular flexibility index (Phi) is 9.13. The Hall–Kier alpha value is -3.77. The summed E-state index contributed by atoms with van der Waals surface area (Å²) in [6.07, 6.45) is 0.865. The number of esters is 1. The molecule has 41 heavy (non-hydrogen) atoms. The summed E-state index contributed by atoms with van der Waals surface area (Å²) >= 11 is 6.19. The lowest BCUT2D eigenvalue weighted by atomic mass is 10.0. The summed E-state index contributed by atoms with van der Waals surface area (Å²) in [5.41, 5.74) is 1.19. The van der Waals surface area contributed by atoms with Gasteiger partial charge in [0.05, 0.1) is 29.3 Å². The molecule has 0 N–H and O–H groups in total. The number of rotatable bonds is 9. The van der Waals surface area contributed by atoms with E-state index in [-0.39, 0.29) is 41.4 Å². The first-order valence-corrected chi connectivity index (χ1v) is 14.0. The summed E-state index contributed by atoms with van der Waals surface area (Å²) in [7, 11) is -3.28. The number of benzene rings is 3. The van der Waals surface area contributed by atoms with Crippen molar-refractivity contribution in [3.05, 3.63) is 82.4 Å². The van der Waals surface area contributed by atoms with Crippen LogP contribution in [-0.4, -0.2) is 40.8 Å². The minimum Gasteiger partial charge on any atom is -0.486 e. The first-order chi connectivity index (χ1) is 19.4. The molecule has 3 aromatic rings. The number of methoxy groups -OCH3 is 1. The maximum absolute atomic E-state index is 14.5. The number of sulfonamides is 1. The second kappa shape index (κ2) is 12.4. The zero-order valence-electron chi connectivity index (χ0n) is 21.7. The lowest BCUT2D eigenvalue weighted by Crippen LogP contribution is -2.43. The zero-order valence-corrected chi connectivity index (χ0v) is 23.3. The molecular formula is C28H24ClF4NO6S. The number of carbonyl (C=O) groups excluding carboxylic acids is 1. The third-order valence-corrected chi connectivity index (χ3v) is 8.35. The Balaban J connectivity index is 1.78. The van der Waals surface area contributed by atoms with Gasteiger partial charge in [-0.25, -0.2) is 17.2 Å². The number of anilines is 1. The Bertz CT molecular complexity index is 1580. The number of hydrogen-bond donors (Lipinski definition) is 0. The molecule has 0 spiro atoms. The molecule has 7 nitrogen and oxygen atoms in total. The number of alkyl halides is 2. The minimum atomic E-state index is -4.49. The average molecular weight is 614 g/mol. The summed E-state index contributed by atoms with van der Waals surface area (Å²) in [4.78, 5) is 11.2. The summed E-state index contributed by atoms with van der Waals surface area (Å²) in [6, 6.07) is 11.2. The van der Waals surface area contributed by atoms with Gasteiger partial charge in [0.15, 0.2) is 11.6 Å². The number of carbonyl (C=O) groups is 1. The lowest BCUT2D eigenvalue weighted by Gasteiger charge is -2.35. The Labute approximate surface area is 238 Å². The Morgan fingerprint density at radius 3 is 2.59 bits per heavy atom. The number of hydrogen-bond acceptors (Lipinski definition) is 6. The van der Waals surface area contributed by atoms with Gasteiger partial charge in [0.25, 0.3) is 10.0 Å². The van der Waals surface area contributed by atoms with Crippen molar-refractivity contribution in [2.45, 2.75) is 37.4 Å². The number of ether oxygens (including phenoxy) is 3. The van der Waals surface area contributed by atoms with E-state index in [1.807, 2.05) is 0 Å².